The van der Waals surface area contributed by atoms with Crippen molar-refractivity contribution in [1.82, 2.24) is 10.2 Å². The van der Waals surface area contributed by atoms with E-state index in [0.717, 1.165) is 16.9 Å². The van der Waals surface area contributed by atoms with Crippen molar-refractivity contribution in [1.29, 1.82) is 0 Å². The van der Waals surface area contributed by atoms with Gasteiger partial charge in [-0.25, -0.2) is 0 Å². The van der Waals surface area contributed by atoms with E-state index >= 15 is 0 Å². The van der Waals surface area contributed by atoms with E-state index in [1.807, 2.05) is 69.6 Å². The lowest BCUT2D eigenvalue weighted by atomic mass is 10.0. The Balaban J connectivity index is 2.00. The van der Waals surface area contributed by atoms with Gasteiger partial charge in [-0.1, -0.05) is 30.3 Å². The molecule has 0 heterocycles. The van der Waals surface area contributed by atoms with Gasteiger partial charge in [-0.3, -0.25) is 4.79 Å². The zero-order valence-electron chi connectivity index (χ0n) is 16.2. The minimum absolute atomic E-state index is 0.00118. The number of carbonyl (C=O) groups is 1. The molecule has 2 unspecified atom stereocenters. The van der Waals surface area contributed by atoms with Crippen molar-refractivity contribution in [3.8, 4) is 11.5 Å². The first-order chi connectivity index (χ1) is 12.4. The van der Waals surface area contributed by atoms with Crippen molar-refractivity contribution < 1.29 is 14.3 Å². The van der Waals surface area contributed by atoms with E-state index in [0.29, 0.717) is 12.3 Å². The molecule has 0 radical (unpaired) electrons. The van der Waals surface area contributed by atoms with E-state index in [-0.39, 0.29) is 11.9 Å². The fourth-order valence-corrected chi connectivity index (χ4v) is 2.80. The number of nitrogens with zero attached hydrogens (tertiary/aromatic N) is 1. The SMILES string of the molecule is COc1ccccc1C(CNC(=O)C(C)Oc1cccc(C)c1)N(C)C. The molecule has 1 N–H and O–H groups in total. The molecule has 0 aromatic heterocycles. The maximum Gasteiger partial charge on any atom is 0.260 e. The maximum atomic E-state index is 12.5. The van der Waals surface area contributed by atoms with Gasteiger partial charge in [-0.2, -0.15) is 0 Å². The van der Waals surface area contributed by atoms with Crippen LogP contribution in [0.2, 0.25) is 0 Å². The van der Waals surface area contributed by atoms with Crippen LogP contribution in [0.25, 0.3) is 0 Å². The number of amides is 1. The molecular weight excluding hydrogens is 328 g/mol. The van der Waals surface area contributed by atoms with Crippen LogP contribution < -0.4 is 14.8 Å². The molecule has 2 rings (SSSR count). The van der Waals surface area contributed by atoms with Crippen LogP contribution in [0.3, 0.4) is 0 Å². The lowest BCUT2D eigenvalue weighted by Crippen LogP contribution is -2.41. The zero-order chi connectivity index (χ0) is 19.1. The third-order valence-electron chi connectivity index (χ3n) is 4.26. The number of hydrogen-bond donors (Lipinski definition) is 1. The highest BCUT2D eigenvalue weighted by molar-refractivity contribution is 5.80. The van der Waals surface area contributed by atoms with Crippen molar-refractivity contribution in [3.05, 3.63) is 59.7 Å². The number of rotatable bonds is 8. The Kier molecular flexibility index (Phi) is 7.04. The summed E-state index contributed by atoms with van der Waals surface area (Å²) in [6.07, 6.45) is -0.572. The number of methoxy groups -OCH3 is 1. The second-order valence-corrected chi connectivity index (χ2v) is 6.54. The van der Waals surface area contributed by atoms with Crippen molar-refractivity contribution in [3.63, 3.8) is 0 Å². The fraction of sp³-hybridized carbons (Fsp3) is 0.381. The largest absolute Gasteiger partial charge is 0.496 e. The highest BCUT2D eigenvalue weighted by Gasteiger charge is 2.21. The van der Waals surface area contributed by atoms with Gasteiger partial charge in [0.2, 0.25) is 0 Å². The van der Waals surface area contributed by atoms with Crippen LogP contribution in [0, 0.1) is 6.92 Å². The molecule has 2 aromatic rings. The molecule has 1 amide bonds. The molecule has 0 saturated heterocycles. The summed E-state index contributed by atoms with van der Waals surface area (Å²) in [4.78, 5) is 14.5. The van der Waals surface area contributed by atoms with Gasteiger partial charge in [-0.15, -0.1) is 0 Å². The Morgan fingerprint density at radius 2 is 1.88 bits per heavy atom. The summed E-state index contributed by atoms with van der Waals surface area (Å²) < 4.78 is 11.2. The van der Waals surface area contributed by atoms with Gasteiger partial charge in [-0.05, 0) is 51.7 Å². The second-order valence-electron chi connectivity index (χ2n) is 6.54. The summed E-state index contributed by atoms with van der Waals surface area (Å²) in [7, 11) is 5.62. The number of ether oxygens (including phenoxy) is 2. The van der Waals surface area contributed by atoms with Crippen LogP contribution in [0.15, 0.2) is 48.5 Å². The number of nitrogens with one attached hydrogen (secondary N) is 1. The lowest BCUT2D eigenvalue weighted by molar-refractivity contribution is -0.127. The van der Waals surface area contributed by atoms with Gasteiger partial charge in [0.05, 0.1) is 13.2 Å². The first-order valence-corrected chi connectivity index (χ1v) is 8.72. The molecule has 0 saturated carbocycles. The molecule has 0 bridgehead atoms. The molecule has 2 aromatic carbocycles. The molecular formula is C21H28N2O3. The predicted octanol–water partition coefficient (Wildman–Crippen LogP) is 3.19. The Labute approximate surface area is 155 Å². The van der Waals surface area contributed by atoms with Crippen molar-refractivity contribution in [2.24, 2.45) is 0 Å². The van der Waals surface area contributed by atoms with E-state index in [9.17, 15) is 4.79 Å². The van der Waals surface area contributed by atoms with Gasteiger partial charge in [0, 0.05) is 12.1 Å². The average molecular weight is 356 g/mol. The molecule has 5 nitrogen and oxygen atoms in total. The number of hydrogen-bond acceptors (Lipinski definition) is 4. The number of benzene rings is 2. The Bertz CT molecular complexity index is 731. The predicted molar refractivity (Wildman–Crippen MR) is 104 cm³/mol. The van der Waals surface area contributed by atoms with Crippen LogP contribution in [0.5, 0.6) is 11.5 Å². The number of para-hydroxylation sites is 1. The molecule has 0 spiro atoms. The summed E-state index contributed by atoms with van der Waals surface area (Å²) in [5.74, 6) is 1.36. The number of aryl methyl sites for hydroxylation is 1. The van der Waals surface area contributed by atoms with E-state index in [4.69, 9.17) is 9.47 Å². The molecule has 0 aliphatic heterocycles. The van der Waals surface area contributed by atoms with Gasteiger partial charge >= 0.3 is 0 Å². The van der Waals surface area contributed by atoms with E-state index in [1.54, 1.807) is 14.0 Å². The van der Waals surface area contributed by atoms with Crippen molar-refractivity contribution in [2.45, 2.75) is 26.0 Å². The smallest absolute Gasteiger partial charge is 0.260 e. The third-order valence-corrected chi connectivity index (χ3v) is 4.26. The molecule has 0 aliphatic rings. The Morgan fingerprint density at radius 1 is 1.15 bits per heavy atom. The molecule has 2 atom stereocenters. The summed E-state index contributed by atoms with van der Waals surface area (Å²) in [6, 6.07) is 15.5. The minimum Gasteiger partial charge on any atom is -0.496 e. The molecule has 0 aliphatic carbocycles. The van der Waals surface area contributed by atoms with Gasteiger partial charge in [0.1, 0.15) is 11.5 Å². The van der Waals surface area contributed by atoms with Crippen LogP contribution in [0.4, 0.5) is 0 Å². The first kappa shape index (κ1) is 19.8. The summed E-state index contributed by atoms with van der Waals surface area (Å²) in [5.41, 5.74) is 2.13. The van der Waals surface area contributed by atoms with Crippen molar-refractivity contribution >= 4 is 5.91 Å². The van der Waals surface area contributed by atoms with E-state index in [2.05, 4.69) is 10.2 Å². The summed E-state index contributed by atoms with van der Waals surface area (Å²) in [6.45, 7) is 4.21. The summed E-state index contributed by atoms with van der Waals surface area (Å²) in [5, 5.41) is 2.99. The standard InChI is InChI=1S/C21H28N2O3/c1-15-9-8-10-17(13-15)26-16(2)21(24)22-14-19(23(3)4)18-11-6-7-12-20(18)25-5/h6-13,16,19H,14H2,1-5H3,(H,22,24). The van der Waals surface area contributed by atoms with Crippen LogP contribution in [0.1, 0.15) is 24.1 Å². The van der Waals surface area contributed by atoms with E-state index < -0.39 is 6.10 Å². The molecule has 140 valence electrons. The highest BCUT2D eigenvalue weighted by Crippen LogP contribution is 2.27. The second kappa shape index (κ2) is 9.25. The molecule has 0 fully saturated rings. The van der Waals surface area contributed by atoms with Gasteiger partial charge in [0.25, 0.3) is 5.91 Å². The average Bonchev–Trinajstić information content (AvgIpc) is 2.61. The van der Waals surface area contributed by atoms with Crippen molar-refractivity contribution in [2.75, 3.05) is 27.7 Å². The van der Waals surface area contributed by atoms with Gasteiger partial charge in [0.15, 0.2) is 6.10 Å². The zero-order valence-corrected chi connectivity index (χ0v) is 16.2. The molecule has 26 heavy (non-hydrogen) atoms. The highest BCUT2D eigenvalue weighted by atomic mass is 16.5. The molecule has 5 heteroatoms. The van der Waals surface area contributed by atoms with Crippen LogP contribution >= 0.6 is 0 Å². The third kappa shape index (κ3) is 5.23. The van der Waals surface area contributed by atoms with Gasteiger partial charge < -0.3 is 19.7 Å². The monoisotopic (exact) mass is 356 g/mol. The van der Waals surface area contributed by atoms with Crippen LogP contribution in [-0.2, 0) is 4.79 Å². The Morgan fingerprint density at radius 3 is 2.54 bits per heavy atom. The maximum absolute atomic E-state index is 12.5. The first-order valence-electron chi connectivity index (χ1n) is 8.72. The quantitative estimate of drug-likeness (QED) is 0.789. The topological polar surface area (TPSA) is 50.8 Å². The number of likely N-dealkylation sites (N-methyl/N-ethyl adjacent to an activating group) is 1. The normalized spacial score (nSPS) is 13.2. The van der Waals surface area contributed by atoms with E-state index in [1.165, 1.54) is 0 Å². The number of carbonyl (C=O) groups excluding carboxylic acids is 1. The fourth-order valence-electron chi connectivity index (χ4n) is 2.80. The summed E-state index contributed by atoms with van der Waals surface area (Å²) >= 11 is 0. The lowest BCUT2D eigenvalue weighted by Gasteiger charge is -2.27. The van der Waals surface area contributed by atoms with Crippen LogP contribution in [-0.4, -0.2) is 44.7 Å². The minimum atomic E-state index is -0.572. The Hall–Kier alpha value is -2.53.